The number of unbranched alkanes of at least 4 members (excludes halogenated alkanes) is 1. The van der Waals surface area contributed by atoms with Crippen LogP contribution in [0.1, 0.15) is 18.7 Å². The summed E-state index contributed by atoms with van der Waals surface area (Å²) in [4.78, 5) is 29.9. The molecule has 2 rings (SSSR count). The molecule has 0 saturated heterocycles. The Balaban J connectivity index is 2.56. The molecule has 0 aromatic carbocycles. The number of aromatic amines is 1. The number of aromatic nitrogens is 4. The smallest absolute Gasteiger partial charge is 0.329 e. The third-order valence-electron chi connectivity index (χ3n) is 3.08. The number of nitrogens with two attached hydrogens (primary N) is 1. The van der Waals surface area contributed by atoms with Gasteiger partial charge in [-0.15, -0.1) is 0 Å². The van der Waals surface area contributed by atoms with Gasteiger partial charge in [0.15, 0.2) is 11.2 Å². The molecule has 0 atom stereocenters. The summed E-state index contributed by atoms with van der Waals surface area (Å²) in [6.45, 7) is 0.642. The minimum absolute atomic E-state index is 0.395. The fraction of sp³-hybridized carbons (Fsp3) is 0.545. The zero-order valence-electron chi connectivity index (χ0n) is 10.6. The summed E-state index contributed by atoms with van der Waals surface area (Å²) in [6.07, 6.45) is 2.58. The Kier molecular flexibility index (Phi) is 3.33. The molecule has 0 aliphatic rings. The lowest BCUT2D eigenvalue weighted by Crippen LogP contribution is -2.29. The van der Waals surface area contributed by atoms with Gasteiger partial charge in [0.25, 0.3) is 5.56 Å². The van der Waals surface area contributed by atoms with E-state index in [-0.39, 0.29) is 0 Å². The summed E-state index contributed by atoms with van der Waals surface area (Å²) >= 11 is 0. The molecule has 7 heteroatoms. The normalized spacial score (nSPS) is 11.3. The van der Waals surface area contributed by atoms with Crippen LogP contribution in [-0.2, 0) is 20.5 Å². The van der Waals surface area contributed by atoms with Crippen molar-refractivity contribution < 1.29 is 0 Å². The molecular weight excluding hydrogens is 234 g/mol. The van der Waals surface area contributed by atoms with Crippen LogP contribution in [0.3, 0.4) is 0 Å². The number of rotatable bonds is 4. The van der Waals surface area contributed by atoms with Crippen LogP contribution in [0, 0.1) is 0 Å². The first kappa shape index (κ1) is 12.6. The molecule has 0 spiro atoms. The second kappa shape index (κ2) is 4.77. The molecule has 0 bridgehead atoms. The van der Waals surface area contributed by atoms with Gasteiger partial charge >= 0.3 is 5.69 Å². The second-order valence-electron chi connectivity index (χ2n) is 4.32. The van der Waals surface area contributed by atoms with Crippen molar-refractivity contribution in [2.45, 2.75) is 19.3 Å². The van der Waals surface area contributed by atoms with Crippen molar-refractivity contribution >= 4 is 11.2 Å². The molecule has 0 saturated carbocycles. The molecule has 0 fully saturated rings. The number of imidazole rings is 1. The minimum Gasteiger partial charge on any atom is -0.330 e. The van der Waals surface area contributed by atoms with Gasteiger partial charge in [0.1, 0.15) is 5.82 Å². The third kappa shape index (κ3) is 1.97. The highest BCUT2D eigenvalue weighted by Gasteiger charge is 2.14. The first-order valence-electron chi connectivity index (χ1n) is 5.91. The number of nitrogens with one attached hydrogen (secondary N) is 1. The number of nitrogens with zero attached hydrogens (tertiary/aromatic N) is 3. The molecule has 2 aromatic heterocycles. The van der Waals surface area contributed by atoms with E-state index in [0.717, 1.165) is 25.1 Å². The molecule has 2 aromatic rings. The van der Waals surface area contributed by atoms with Crippen molar-refractivity contribution in [3.05, 3.63) is 26.7 Å². The van der Waals surface area contributed by atoms with Gasteiger partial charge in [0, 0.05) is 20.5 Å². The lowest BCUT2D eigenvalue weighted by molar-refractivity contribution is 0.693. The maximum absolute atomic E-state index is 11.8. The molecular formula is C11H17N5O2. The average molecular weight is 251 g/mol. The Bertz CT molecular complexity index is 679. The predicted molar refractivity (Wildman–Crippen MR) is 68.6 cm³/mol. The molecule has 0 aliphatic carbocycles. The van der Waals surface area contributed by atoms with Gasteiger partial charge in [-0.05, 0) is 19.4 Å². The van der Waals surface area contributed by atoms with Crippen molar-refractivity contribution in [1.82, 2.24) is 19.1 Å². The van der Waals surface area contributed by atoms with E-state index in [1.165, 1.54) is 4.57 Å². The maximum atomic E-state index is 11.8. The van der Waals surface area contributed by atoms with Gasteiger partial charge in [-0.3, -0.25) is 14.3 Å². The molecule has 98 valence electrons. The largest absolute Gasteiger partial charge is 0.330 e. The van der Waals surface area contributed by atoms with Crippen LogP contribution in [0.5, 0.6) is 0 Å². The maximum Gasteiger partial charge on any atom is 0.329 e. The summed E-state index contributed by atoms with van der Waals surface area (Å²) in [5.74, 6) is 0.796. The highest BCUT2D eigenvalue weighted by atomic mass is 16.2. The van der Waals surface area contributed by atoms with Gasteiger partial charge in [0.05, 0.1) is 0 Å². The van der Waals surface area contributed by atoms with Gasteiger partial charge in [-0.25, -0.2) is 9.78 Å². The summed E-state index contributed by atoms with van der Waals surface area (Å²) in [6, 6.07) is 0. The van der Waals surface area contributed by atoms with Crippen molar-refractivity contribution in [3.63, 3.8) is 0 Å². The number of hydrogen-bond acceptors (Lipinski definition) is 4. The highest BCUT2D eigenvalue weighted by Crippen LogP contribution is 2.10. The average Bonchev–Trinajstić information content (AvgIpc) is 2.65. The Hall–Kier alpha value is -1.89. The van der Waals surface area contributed by atoms with E-state index in [1.807, 2.05) is 0 Å². The van der Waals surface area contributed by atoms with Crippen molar-refractivity contribution in [2.24, 2.45) is 19.8 Å². The van der Waals surface area contributed by atoms with Crippen LogP contribution in [0.4, 0.5) is 0 Å². The first-order valence-corrected chi connectivity index (χ1v) is 5.91. The van der Waals surface area contributed by atoms with Crippen molar-refractivity contribution in [3.8, 4) is 0 Å². The first-order chi connectivity index (χ1) is 8.56. The molecule has 0 amide bonds. The van der Waals surface area contributed by atoms with E-state index < -0.39 is 11.2 Å². The quantitative estimate of drug-likeness (QED) is 0.698. The molecule has 7 nitrogen and oxygen atoms in total. The standard InChI is InChI=1S/C11H17N5O2/c1-15-7(5-3-4-6-12)13-9-8(15)10(17)14-11(18)16(9)2/h3-6,12H2,1-2H3,(H,14,17,18). The predicted octanol–water partition coefficient (Wildman–Crippen LogP) is -0.758. The fourth-order valence-corrected chi connectivity index (χ4v) is 2.00. The molecule has 2 heterocycles. The lowest BCUT2D eigenvalue weighted by atomic mass is 10.2. The minimum atomic E-state index is -0.445. The number of fused-ring (bicyclic) bond motifs is 1. The van der Waals surface area contributed by atoms with Crippen LogP contribution in [0.15, 0.2) is 9.59 Å². The van der Waals surface area contributed by atoms with Gasteiger partial charge in [-0.1, -0.05) is 0 Å². The van der Waals surface area contributed by atoms with E-state index >= 15 is 0 Å². The number of aryl methyl sites for hydroxylation is 3. The lowest BCUT2D eigenvalue weighted by Gasteiger charge is -2.00. The Morgan fingerprint density at radius 1 is 1.22 bits per heavy atom. The van der Waals surface area contributed by atoms with Crippen LogP contribution in [0.25, 0.3) is 11.2 Å². The fourth-order valence-electron chi connectivity index (χ4n) is 2.00. The number of hydrogen-bond donors (Lipinski definition) is 2. The van der Waals surface area contributed by atoms with Crippen LogP contribution >= 0.6 is 0 Å². The van der Waals surface area contributed by atoms with Gasteiger partial charge in [0.2, 0.25) is 0 Å². The SMILES string of the molecule is Cn1c(CCCCN)nc2c1c(=O)[nH]c(=O)n2C. The number of H-pyrrole nitrogens is 1. The summed E-state index contributed by atoms with van der Waals surface area (Å²) in [7, 11) is 3.38. The summed E-state index contributed by atoms with van der Waals surface area (Å²) < 4.78 is 3.09. The molecule has 0 unspecified atom stereocenters. The van der Waals surface area contributed by atoms with Crippen molar-refractivity contribution in [1.29, 1.82) is 0 Å². The van der Waals surface area contributed by atoms with E-state index in [1.54, 1.807) is 18.7 Å². The van der Waals surface area contributed by atoms with Crippen LogP contribution in [0.2, 0.25) is 0 Å². The molecule has 0 aliphatic heterocycles. The Labute approximate surface area is 103 Å². The van der Waals surface area contributed by atoms with E-state index in [4.69, 9.17) is 5.73 Å². The zero-order chi connectivity index (χ0) is 13.3. The van der Waals surface area contributed by atoms with Crippen LogP contribution in [-0.4, -0.2) is 25.6 Å². The topological polar surface area (TPSA) is 98.7 Å². The van der Waals surface area contributed by atoms with E-state index in [9.17, 15) is 9.59 Å². The molecule has 3 N–H and O–H groups in total. The second-order valence-corrected chi connectivity index (χ2v) is 4.32. The Morgan fingerprint density at radius 3 is 2.61 bits per heavy atom. The van der Waals surface area contributed by atoms with Crippen LogP contribution < -0.4 is 17.0 Å². The third-order valence-corrected chi connectivity index (χ3v) is 3.08. The van der Waals surface area contributed by atoms with E-state index in [2.05, 4.69) is 9.97 Å². The zero-order valence-corrected chi connectivity index (χ0v) is 10.6. The van der Waals surface area contributed by atoms with Crippen molar-refractivity contribution in [2.75, 3.05) is 6.54 Å². The summed E-state index contributed by atoms with van der Waals surface area (Å²) in [5, 5.41) is 0. The monoisotopic (exact) mass is 251 g/mol. The Morgan fingerprint density at radius 2 is 1.94 bits per heavy atom. The molecule has 18 heavy (non-hydrogen) atoms. The highest BCUT2D eigenvalue weighted by molar-refractivity contribution is 5.70. The van der Waals surface area contributed by atoms with E-state index in [0.29, 0.717) is 17.7 Å². The van der Waals surface area contributed by atoms with Gasteiger partial charge in [-0.2, -0.15) is 0 Å². The molecule has 0 radical (unpaired) electrons. The van der Waals surface area contributed by atoms with Gasteiger partial charge < -0.3 is 10.3 Å². The summed E-state index contributed by atoms with van der Waals surface area (Å²) in [5.41, 5.74) is 5.46.